The molecule has 9 nitrogen and oxygen atoms in total. The molecule has 0 saturated carbocycles. The van der Waals surface area contributed by atoms with Gasteiger partial charge >= 0.3 is 5.69 Å². The highest BCUT2D eigenvalue weighted by Gasteiger charge is 2.38. The van der Waals surface area contributed by atoms with Gasteiger partial charge in [-0.05, 0) is 0 Å². The van der Waals surface area contributed by atoms with Crippen molar-refractivity contribution in [3.8, 4) is 0 Å². The van der Waals surface area contributed by atoms with Gasteiger partial charge in [-0.25, -0.2) is 4.79 Å². The summed E-state index contributed by atoms with van der Waals surface area (Å²) in [6.07, 6.45) is -0.949. The quantitative estimate of drug-likeness (QED) is 0.413. The van der Waals surface area contributed by atoms with Crippen molar-refractivity contribution in [2.75, 3.05) is 19.0 Å². The molecule has 0 unspecified atom stereocenters. The lowest BCUT2D eigenvalue weighted by Gasteiger charge is -2.20. The summed E-state index contributed by atoms with van der Waals surface area (Å²) in [4.78, 5) is 25.4. The lowest BCUT2D eigenvalue weighted by atomic mass is 10.1. The van der Waals surface area contributed by atoms with Gasteiger partial charge in [0.05, 0.1) is 6.61 Å². The molecule has 20 heavy (non-hydrogen) atoms. The molecule has 6 N–H and O–H groups in total. The topological polar surface area (TPSA) is 143 Å². The van der Waals surface area contributed by atoms with E-state index in [1.807, 2.05) is 0 Å². The molecule has 0 spiro atoms. The van der Waals surface area contributed by atoms with Crippen LogP contribution in [0, 0.1) is 0 Å². The van der Waals surface area contributed by atoms with Crippen LogP contribution in [0.3, 0.4) is 0 Å². The first-order valence-electron chi connectivity index (χ1n) is 6.21. The van der Waals surface area contributed by atoms with Crippen molar-refractivity contribution in [3.63, 3.8) is 0 Å². The van der Waals surface area contributed by atoms with Crippen molar-refractivity contribution >= 4 is 5.69 Å². The molecular formula is C11H18N4O5. The number of nitrogens with zero attached hydrogens (tertiary/aromatic N) is 1. The third-order valence-electron chi connectivity index (χ3n) is 3.32. The molecule has 2 rings (SSSR count). The Kier molecular flexibility index (Phi) is 4.23. The number of nitrogens with two attached hydrogens (primary N) is 1. The summed E-state index contributed by atoms with van der Waals surface area (Å²) in [5.41, 5.74) is 4.91. The van der Waals surface area contributed by atoms with Crippen molar-refractivity contribution < 1.29 is 14.9 Å². The molecule has 0 radical (unpaired) electrons. The van der Waals surface area contributed by atoms with E-state index in [0.717, 1.165) is 0 Å². The number of ether oxygens (including phenoxy) is 1. The minimum absolute atomic E-state index is 0.216. The van der Waals surface area contributed by atoms with Crippen LogP contribution in [0.1, 0.15) is 12.6 Å². The van der Waals surface area contributed by atoms with E-state index in [1.165, 1.54) is 10.8 Å². The zero-order chi connectivity index (χ0) is 14.9. The van der Waals surface area contributed by atoms with E-state index in [2.05, 4.69) is 10.3 Å². The molecule has 4 atom stereocenters. The number of anilines is 1. The monoisotopic (exact) mass is 286 g/mol. The van der Waals surface area contributed by atoms with Crippen LogP contribution in [-0.2, 0) is 4.74 Å². The van der Waals surface area contributed by atoms with Gasteiger partial charge in [0.2, 0.25) is 0 Å². The molecule has 1 aromatic heterocycles. The Bertz CT molecular complexity index is 583. The van der Waals surface area contributed by atoms with Gasteiger partial charge in [0.15, 0.2) is 0 Å². The highest BCUT2D eigenvalue weighted by atomic mass is 16.5. The fourth-order valence-corrected chi connectivity index (χ4v) is 2.24. The number of H-pyrrole nitrogens is 1. The van der Waals surface area contributed by atoms with Crippen LogP contribution in [-0.4, -0.2) is 51.7 Å². The minimum Gasteiger partial charge on any atom is -0.394 e. The molecule has 0 aromatic carbocycles. The van der Waals surface area contributed by atoms with E-state index in [9.17, 15) is 14.7 Å². The molecule has 1 fully saturated rings. The maximum atomic E-state index is 11.8. The summed E-state index contributed by atoms with van der Waals surface area (Å²) < 4.78 is 6.72. The summed E-state index contributed by atoms with van der Waals surface area (Å²) in [5, 5.41) is 21.2. The van der Waals surface area contributed by atoms with E-state index in [-0.39, 0.29) is 12.1 Å². The fraction of sp³-hybridized carbons (Fsp3) is 0.636. The SMILES string of the molecule is CNc1cn([C@@H]2C[C@H](N)[C@@H]([C@H](O)CO)O2)c(=O)[nH]c1=O. The lowest BCUT2D eigenvalue weighted by Crippen LogP contribution is -2.41. The summed E-state index contributed by atoms with van der Waals surface area (Å²) in [7, 11) is 1.55. The second-order valence-electron chi connectivity index (χ2n) is 4.66. The Morgan fingerprint density at radius 3 is 2.95 bits per heavy atom. The van der Waals surface area contributed by atoms with Gasteiger partial charge in [-0.15, -0.1) is 0 Å². The second-order valence-corrected chi connectivity index (χ2v) is 4.66. The summed E-state index contributed by atoms with van der Waals surface area (Å²) in [6, 6.07) is -0.515. The molecule has 2 heterocycles. The highest BCUT2D eigenvalue weighted by molar-refractivity contribution is 5.36. The van der Waals surface area contributed by atoms with Crippen LogP contribution in [0.5, 0.6) is 0 Å². The average molecular weight is 286 g/mol. The molecule has 1 saturated heterocycles. The van der Waals surface area contributed by atoms with Gasteiger partial charge in [0, 0.05) is 25.7 Å². The molecule has 9 heteroatoms. The fourth-order valence-electron chi connectivity index (χ4n) is 2.24. The molecular weight excluding hydrogens is 268 g/mol. The van der Waals surface area contributed by atoms with Gasteiger partial charge in [-0.3, -0.25) is 14.3 Å². The van der Waals surface area contributed by atoms with Crippen LogP contribution in [0.15, 0.2) is 15.8 Å². The Hall–Kier alpha value is -1.68. The Morgan fingerprint density at radius 2 is 2.35 bits per heavy atom. The third-order valence-corrected chi connectivity index (χ3v) is 3.32. The predicted molar refractivity (Wildman–Crippen MR) is 70.5 cm³/mol. The molecule has 1 aromatic rings. The first-order chi connectivity index (χ1) is 9.47. The highest BCUT2D eigenvalue weighted by Crippen LogP contribution is 2.28. The van der Waals surface area contributed by atoms with Gasteiger partial charge in [0.1, 0.15) is 24.1 Å². The zero-order valence-corrected chi connectivity index (χ0v) is 10.9. The minimum atomic E-state index is -1.11. The van der Waals surface area contributed by atoms with Gasteiger partial charge in [-0.1, -0.05) is 0 Å². The number of aliphatic hydroxyl groups excluding tert-OH is 2. The van der Waals surface area contributed by atoms with Crippen LogP contribution in [0.25, 0.3) is 0 Å². The zero-order valence-electron chi connectivity index (χ0n) is 10.9. The van der Waals surface area contributed by atoms with Crippen molar-refractivity contribution in [2.45, 2.75) is 30.9 Å². The van der Waals surface area contributed by atoms with E-state index in [0.29, 0.717) is 0 Å². The first kappa shape index (κ1) is 14.7. The average Bonchev–Trinajstić information content (AvgIpc) is 2.80. The van der Waals surface area contributed by atoms with Crippen LogP contribution in [0.2, 0.25) is 0 Å². The largest absolute Gasteiger partial charge is 0.394 e. The van der Waals surface area contributed by atoms with Crippen LogP contribution in [0.4, 0.5) is 5.69 Å². The summed E-state index contributed by atoms with van der Waals surface area (Å²) >= 11 is 0. The van der Waals surface area contributed by atoms with Crippen molar-refractivity contribution in [1.82, 2.24) is 9.55 Å². The molecule has 0 amide bonds. The maximum Gasteiger partial charge on any atom is 0.330 e. The number of aliphatic hydroxyl groups is 2. The van der Waals surface area contributed by atoms with Crippen molar-refractivity contribution in [1.29, 1.82) is 0 Å². The molecule has 1 aliphatic rings. The van der Waals surface area contributed by atoms with E-state index >= 15 is 0 Å². The Labute approximate surface area is 114 Å². The number of hydrogen-bond donors (Lipinski definition) is 5. The maximum absolute atomic E-state index is 11.8. The van der Waals surface area contributed by atoms with Crippen molar-refractivity contribution in [2.24, 2.45) is 5.73 Å². The van der Waals surface area contributed by atoms with Gasteiger partial charge in [0.25, 0.3) is 5.56 Å². The normalized spacial score (nSPS) is 27.5. The smallest absolute Gasteiger partial charge is 0.330 e. The Balaban J connectivity index is 2.30. The molecule has 0 bridgehead atoms. The van der Waals surface area contributed by atoms with E-state index in [1.54, 1.807) is 7.05 Å². The lowest BCUT2D eigenvalue weighted by molar-refractivity contribution is -0.0780. The van der Waals surface area contributed by atoms with Gasteiger partial charge < -0.3 is 26.0 Å². The molecule has 112 valence electrons. The first-order valence-corrected chi connectivity index (χ1v) is 6.21. The Morgan fingerprint density at radius 1 is 1.65 bits per heavy atom. The number of rotatable bonds is 4. The van der Waals surface area contributed by atoms with E-state index < -0.39 is 42.3 Å². The standard InChI is InChI=1S/C11H18N4O5/c1-13-6-3-15(11(19)14-10(6)18)8-2-5(12)9(20-8)7(17)4-16/h3,5,7-9,13,16-17H,2,4,12H2,1H3,(H,14,18,19)/t5-,7+,8-,9-/m0/s1. The van der Waals surface area contributed by atoms with Crippen LogP contribution >= 0.6 is 0 Å². The molecule has 1 aliphatic heterocycles. The predicted octanol–water partition coefficient (Wildman–Crippen LogP) is -2.45. The molecule has 0 aliphatic carbocycles. The summed E-state index contributed by atoms with van der Waals surface area (Å²) in [5.74, 6) is 0. The number of aromatic nitrogens is 2. The van der Waals surface area contributed by atoms with Gasteiger partial charge in [-0.2, -0.15) is 0 Å². The van der Waals surface area contributed by atoms with Crippen LogP contribution < -0.4 is 22.3 Å². The summed E-state index contributed by atoms with van der Waals surface area (Å²) in [6.45, 7) is -0.479. The number of aromatic amines is 1. The second kappa shape index (κ2) is 5.75. The third kappa shape index (κ3) is 2.61. The number of nitrogens with one attached hydrogen (secondary N) is 2. The number of hydrogen-bond acceptors (Lipinski definition) is 7. The van der Waals surface area contributed by atoms with Crippen molar-refractivity contribution in [3.05, 3.63) is 27.0 Å². The van der Waals surface area contributed by atoms with E-state index in [4.69, 9.17) is 15.6 Å².